The minimum absolute atomic E-state index is 0.171. The lowest BCUT2D eigenvalue weighted by atomic mass is 10.2. The SMILES string of the molecule is CC(=O)Oc1ccc(C=C2N=C(c3cc(I)ccc3Cl)OC2=O)cc1. The van der Waals surface area contributed by atoms with E-state index >= 15 is 0 Å². The second kappa shape index (κ2) is 7.37. The highest BCUT2D eigenvalue weighted by atomic mass is 127. The average molecular weight is 468 g/mol. The van der Waals surface area contributed by atoms with Crippen LogP contribution in [0, 0.1) is 3.57 Å². The lowest BCUT2D eigenvalue weighted by molar-refractivity contribution is -0.132. The summed E-state index contributed by atoms with van der Waals surface area (Å²) in [6.45, 7) is 1.33. The van der Waals surface area contributed by atoms with Gasteiger partial charge in [0.05, 0.1) is 10.6 Å². The van der Waals surface area contributed by atoms with E-state index in [9.17, 15) is 9.59 Å². The van der Waals surface area contributed by atoms with E-state index in [1.807, 2.05) is 6.07 Å². The molecule has 25 heavy (non-hydrogen) atoms. The summed E-state index contributed by atoms with van der Waals surface area (Å²) in [7, 11) is 0. The molecule has 0 atom stereocenters. The molecule has 2 aromatic rings. The van der Waals surface area contributed by atoms with Gasteiger partial charge in [0, 0.05) is 10.5 Å². The highest BCUT2D eigenvalue weighted by Crippen LogP contribution is 2.25. The molecule has 3 rings (SSSR count). The summed E-state index contributed by atoms with van der Waals surface area (Å²) in [4.78, 5) is 27.2. The van der Waals surface area contributed by atoms with Crippen molar-refractivity contribution < 1.29 is 19.1 Å². The Morgan fingerprint density at radius 3 is 2.64 bits per heavy atom. The Bertz CT molecular complexity index is 919. The maximum Gasteiger partial charge on any atom is 0.363 e. The lowest BCUT2D eigenvalue weighted by Gasteiger charge is -2.02. The number of halogens is 2. The van der Waals surface area contributed by atoms with Gasteiger partial charge in [0.2, 0.25) is 5.90 Å². The van der Waals surface area contributed by atoms with E-state index in [1.54, 1.807) is 42.5 Å². The van der Waals surface area contributed by atoms with Crippen LogP contribution in [0.2, 0.25) is 5.02 Å². The van der Waals surface area contributed by atoms with Crippen molar-refractivity contribution in [3.05, 3.63) is 67.9 Å². The third-order valence-electron chi connectivity index (χ3n) is 3.22. The highest BCUT2D eigenvalue weighted by Gasteiger charge is 2.25. The molecule has 0 bridgehead atoms. The zero-order valence-corrected chi connectivity index (χ0v) is 15.9. The van der Waals surface area contributed by atoms with E-state index in [1.165, 1.54) is 6.92 Å². The van der Waals surface area contributed by atoms with Crippen LogP contribution in [-0.2, 0) is 14.3 Å². The average Bonchev–Trinajstić information content (AvgIpc) is 2.92. The van der Waals surface area contributed by atoms with Gasteiger partial charge in [-0.2, -0.15) is 0 Å². The van der Waals surface area contributed by atoms with Crippen molar-refractivity contribution in [3.8, 4) is 5.75 Å². The Labute approximate surface area is 162 Å². The van der Waals surface area contributed by atoms with Gasteiger partial charge in [0.15, 0.2) is 5.70 Å². The summed E-state index contributed by atoms with van der Waals surface area (Å²) in [5, 5.41) is 0.457. The summed E-state index contributed by atoms with van der Waals surface area (Å²) >= 11 is 8.30. The number of rotatable bonds is 3. The molecule has 0 unspecified atom stereocenters. The van der Waals surface area contributed by atoms with Crippen molar-refractivity contribution in [1.82, 2.24) is 0 Å². The maximum atomic E-state index is 12.1. The monoisotopic (exact) mass is 467 g/mol. The number of esters is 2. The van der Waals surface area contributed by atoms with Gasteiger partial charge in [-0.15, -0.1) is 0 Å². The van der Waals surface area contributed by atoms with Gasteiger partial charge in [-0.1, -0.05) is 23.7 Å². The molecular formula is C18H11ClINO4. The molecule has 0 saturated carbocycles. The summed E-state index contributed by atoms with van der Waals surface area (Å²) < 4.78 is 11.1. The zero-order valence-electron chi connectivity index (χ0n) is 13.0. The molecule has 1 aliphatic rings. The van der Waals surface area contributed by atoms with Crippen molar-refractivity contribution in [3.63, 3.8) is 0 Å². The molecule has 0 aliphatic carbocycles. The van der Waals surface area contributed by atoms with Crippen LogP contribution in [0.1, 0.15) is 18.1 Å². The molecule has 0 amide bonds. The first-order valence-electron chi connectivity index (χ1n) is 7.19. The van der Waals surface area contributed by atoms with E-state index in [0.717, 1.165) is 9.13 Å². The first-order chi connectivity index (χ1) is 11.9. The molecule has 7 heteroatoms. The predicted molar refractivity (Wildman–Crippen MR) is 103 cm³/mol. The number of benzene rings is 2. The molecular weight excluding hydrogens is 457 g/mol. The second-order valence-electron chi connectivity index (χ2n) is 5.12. The number of carbonyl (C=O) groups is 2. The fourth-order valence-corrected chi connectivity index (χ4v) is 2.83. The first-order valence-corrected chi connectivity index (χ1v) is 8.64. The van der Waals surface area contributed by atoms with Crippen LogP contribution in [0.15, 0.2) is 53.2 Å². The number of carbonyl (C=O) groups excluding carboxylic acids is 2. The van der Waals surface area contributed by atoms with Crippen molar-refractivity contribution >= 4 is 58.1 Å². The third kappa shape index (κ3) is 4.26. The van der Waals surface area contributed by atoms with Crippen molar-refractivity contribution in [1.29, 1.82) is 0 Å². The van der Waals surface area contributed by atoms with Gasteiger partial charge in [-0.25, -0.2) is 9.79 Å². The number of hydrogen-bond donors (Lipinski definition) is 0. The van der Waals surface area contributed by atoms with Crippen LogP contribution in [0.5, 0.6) is 5.75 Å². The van der Waals surface area contributed by atoms with Gasteiger partial charge in [-0.3, -0.25) is 4.79 Å². The molecule has 2 aromatic carbocycles. The largest absolute Gasteiger partial charge is 0.427 e. The quantitative estimate of drug-likeness (QED) is 0.294. The molecule has 0 N–H and O–H groups in total. The maximum absolute atomic E-state index is 12.1. The van der Waals surface area contributed by atoms with Crippen LogP contribution in [0.3, 0.4) is 0 Å². The van der Waals surface area contributed by atoms with E-state index in [4.69, 9.17) is 21.1 Å². The standard InChI is InChI=1S/C18H11ClINO4/c1-10(22)24-13-5-2-11(3-6-13)8-16-18(23)25-17(21-16)14-9-12(20)4-7-15(14)19/h2-9H,1H3. The van der Waals surface area contributed by atoms with Crippen LogP contribution >= 0.6 is 34.2 Å². The van der Waals surface area contributed by atoms with Crippen LogP contribution in [0.4, 0.5) is 0 Å². The second-order valence-corrected chi connectivity index (χ2v) is 6.78. The van der Waals surface area contributed by atoms with E-state index in [-0.39, 0.29) is 11.6 Å². The normalized spacial score (nSPS) is 15.1. The third-order valence-corrected chi connectivity index (χ3v) is 4.22. The number of nitrogens with zero attached hydrogens (tertiary/aromatic N) is 1. The minimum Gasteiger partial charge on any atom is -0.427 e. The van der Waals surface area contributed by atoms with Crippen LogP contribution in [-0.4, -0.2) is 17.8 Å². The molecule has 0 saturated heterocycles. The summed E-state index contributed by atoms with van der Waals surface area (Å²) in [5.74, 6) is -0.335. The number of hydrogen-bond acceptors (Lipinski definition) is 5. The predicted octanol–water partition coefficient (Wildman–Crippen LogP) is 4.21. The Balaban J connectivity index is 1.88. The van der Waals surface area contributed by atoms with Crippen LogP contribution in [0.25, 0.3) is 6.08 Å². The topological polar surface area (TPSA) is 65.0 Å². The molecule has 0 spiro atoms. The Morgan fingerprint density at radius 2 is 1.96 bits per heavy atom. The fraction of sp³-hybridized carbons (Fsp3) is 0.0556. The molecule has 1 aliphatic heterocycles. The zero-order chi connectivity index (χ0) is 18.0. The van der Waals surface area contributed by atoms with Gasteiger partial charge in [0.1, 0.15) is 5.75 Å². The summed E-state index contributed by atoms with van der Waals surface area (Å²) in [6, 6.07) is 12.1. The number of cyclic esters (lactones) is 1. The highest BCUT2D eigenvalue weighted by molar-refractivity contribution is 14.1. The lowest BCUT2D eigenvalue weighted by Crippen LogP contribution is -2.06. The molecule has 1 heterocycles. The first kappa shape index (κ1) is 17.6. The molecule has 0 fully saturated rings. The van der Waals surface area contributed by atoms with Gasteiger partial charge < -0.3 is 9.47 Å². The minimum atomic E-state index is -0.547. The van der Waals surface area contributed by atoms with Crippen molar-refractivity contribution in [2.24, 2.45) is 4.99 Å². The van der Waals surface area contributed by atoms with Gasteiger partial charge in [0.25, 0.3) is 0 Å². The number of aliphatic imine (C=N–C) groups is 1. The van der Waals surface area contributed by atoms with E-state index in [0.29, 0.717) is 16.3 Å². The smallest absolute Gasteiger partial charge is 0.363 e. The van der Waals surface area contributed by atoms with Gasteiger partial charge >= 0.3 is 11.9 Å². The van der Waals surface area contributed by atoms with Gasteiger partial charge in [-0.05, 0) is 64.6 Å². The fourth-order valence-electron chi connectivity index (χ4n) is 2.14. The molecule has 0 aromatic heterocycles. The van der Waals surface area contributed by atoms with Crippen LogP contribution < -0.4 is 4.74 Å². The Hall–Kier alpha value is -2.19. The Morgan fingerprint density at radius 1 is 1.24 bits per heavy atom. The van der Waals surface area contributed by atoms with Crippen molar-refractivity contribution in [2.75, 3.05) is 0 Å². The molecule has 5 nitrogen and oxygen atoms in total. The van der Waals surface area contributed by atoms with Crippen molar-refractivity contribution in [2.45, 2.75) is 6.92 Å². The van der Waals surface area contributed by atoms with E-state index < -0.39 is 11.9 Å². The summed E-state index contributed by atoms with van der Waals surface area (Å²) in [5.41, 5.74) is 1.46. The molecule has 126 valence electrons. The molecule has 0 radical (unpaired) electrons. The Kier molecular flexibility index (Phi) is 5.19. The number of ether oxygens (including phenoxy) is 2. The summed E-state index contributed by atoms with van der Waals surface area (Å²) in [6.07, 6.45) is 1.59. The van der Waals surface area contributed by atoms with E-state index in [2.05, 4.69) is 27.6 Å².